The minimum absolute atomic E-state index is 0. The average Bonchev–Trinajstić information content (AvgIpc) is 3.62. The Hall–Kier alpha value is -2.46. The van der Waals surface area contributed by atoms with E-state index >= 15 is 0 Å². The molecule has 0 aromatic heterocycles. The van der Waals surface area contributed by atoms with Gasteiger partial charge >= 0.3 is 5.97 Å². The third-order valence-corrected chi connectivity index (χ3v) is 9.93. The molecule has 0 saturated heterocycles. The van der Waals surface area contributed by atoms with Crippen LogP contribution in [0.1, 0.15) is 177 Å². The molecular formula is C41H65NO3. The molecule has 2 aliphatic carbocycles. The van der Waals surface area contributed by atoms with E-state index in [1.807, 2.05) is 0 Å². The molecule has 2 aliphatic rings. The van der Waals surface area contributed by atoms with Gasteiger partial charge in [-0.1, -0.05) is 134 Å². The van der Waals surface area contributed by atoms with Crippen molar-refractivity contribution in [1.29, 1.82) is 0 Å². The highest BCUT2D eigenvalue weighted by Gasteiger charge is 2.38. The summed E-state index contributed by atoms with van der Waals surface area (Å²) in [5, 5.41) is 9.00. The lowest BCUT2D eigenvalue weighted by atomic mass is 9.90. The van der Waals surface area contributed by atoms with Crippen molar-refractivity contribution in [2.45, 2.75) is 173 Å². The van der Waals surface area contributed by atoms with E-state index in [4.69, 9.17) is 10.8 Å². The largest absolute Gasteiger partial charge is 0.481 e. The van der Waals surface area contributed by atoms with Crippen molar-refractivity contribution in [1.82, 2.24) is 0 Å². The number of aryl methyl sites for hydroxylation is 2. The molecule has 3 unspecified atom stereocenters. The fourth-order valence-corrected chi connectivity index (χ4v) is 7.13. The Morgan fingerprint density at radius 1 is 0.733 bits per heavy atom. The molecule has 0 aliphatic heterocycles. The van der Waals surface area contributed by atoms with E-state index in [1.54, 1.807) is 0 Å². The number of hydrogen-bond donors (Lipinski definition) is 2. The number of hydrogen-bond acceptors (Lipinski definition) is 3. The van der Waals surface area contributed by atoms with Crippen LogP contribution in [0.15, 0.2) is 48.5 Å². The number of carboxylic acid groups (broad SMARTS) is 1. The molecule has 4 heteroatoms. The molecule has 4 rings (SSSR count). The molecule has 0 radical (unpaired) electrons. The number of Topliss-reactive ketones (excluding diaryl/α,β-unsaturated/α-hetero) is 1. The van der Waals surface area contributed by atoms with E-state index in [0.29, 0.717) is 17.6 Å². The molecule has 2 aromatic carbocycles. The van der Waals surface area contributed by atoms with Crippen LogP contribution in [0.5, 0.6) is 0 Å². The van der Waals surface area contributed by atoms with Gasteiger partial charge in [0.05, 0.1) is 6.42 Å². The van der Waals surface area contributed by atoms with Gasteiger partial charge in [0.2, 0.25) is 0 Å². The summed E-state index contributed by atoms with van der Waals surface area (Å²) < 4.78 is 0. The first-order valence-electron chi connectivity index (χ1n) is 18.0. The van der Waals surface area contributed by atoms with Crippen molar-refractivity contribution in [3.05, 3.63) is 70.8 Å². The van der Waals surface area contributed by atoms with Crippen LogP contribution in [-0.2, 0) is 22.4 Å². The normalized spacial score (nSPS) is 20.8. The molecule has 252 valence electrons. The summed E-state index contributed by atoms with van der Waals surface area (Å²) in [6.45, 7) is 4.52. The van der Waals surface area contributed by atoms with Gasteiger partial charge in [0.1, 0.15) is 5.78 Å². The number of rotatable bonds is 18. The number of nitrogens with two attached hydrogens (primary N) is 1. The first kappa shape index (κ1) is 38.7. The van der Waals surface area contributed by atoms with Gasteiger partial charge in [-0.25, -0.2) is 0 Å². The summed E-state index contributed by atoms with van der Waals surface area (Å²) in [4.78, 5) is 22.3. The maximum absolute atomic E-state index is 11.3. The molecule has 3 atom stereocenters. The molecule has 0 spiro atoms. The molecule has 3 N–H and O–H groups in total. The summed E-state index contributed by atoms with van der Waals surface area (Å²) >= 11 is 0. The minimum Gasteiger partial charge on any atom is -0.481 e. The number of benzene rings is 2. The first-order valence-corrected chi connectivity index (χ1v) is 18.0. The van der Waals surface area contributed by atoms with Gasteiger partial charge in [0, 0.05) is 18.4 Å². The van der Waals surface area contributed by atoms with Gasteiger partial charge in [0.15, 0.2) is 0 Å². The third-order valence-electron chi connectivity index (χ3n) is 9.93. The minimum atomic E-state index is -0.785. The predicted octanol–water partition coefficient (Wildman–Crippen LogP) is 11.1. The Labute approximate surface area is 276 Å². The van der Waals surface area contributed by atoms with Crippen LogP contribution < -0.4 is 5.73 Å². The second-order valence-electron chi connectivity index (χ2n) is 13.9. The fraction of sp³-hybridized carbons (Fsp3) is 0.659. The third kappa shape index (κ3) is 14.7. The van der Waals surface area contributed by atoms with E-state index in [0.717, 1.165) is 44.9 Å². The Morgan fingerprint density at radius 2 is 1.20 bits per heavy atom. The second kappa shape index (κ2) is 21.4. The lowest BCUT2D eigenvalue weighted by molar-refractivity contribution is -0.138. The number of carbonyl (C=O) groups excluding carboxylic acids is 1. The quantitative estimate of drug-likeness (QED) is 0.163. The highest BCUT2D eigenvalue weighted by molar-refractivity contribution is 5.81. The monoisotopic (exact) mass is 619 g/mol. The van der Waals surface area contributed by atoms with Crippen molar-refractivity contribution in [2.75, 3.05) is 0 Å². The zero-order valence-electron chi connectivity index (χ0n) is 28.0. The van der Waals surface area contributed by atoms with Gasteiger partial charge < -0.3 is 10.8 Å². The van der Waals surface area contributed by atoms with Crippen molar-refractivity contribution in [3.8, 4) is 0 Å². The average molecular weight is 620 g/mol. The van der Waals surface area contributed by atoms with Gasteiger partial charge in [0.25, 0.3) is 0 Å². The molecular weight excluding hydrogens is 554 g/mol. The Kier molecular flexibility index (Phi) is 18.4. The molecule has 2 aromatic rings. The lowest BCUT2D eigenvalue weighted by Crippen LogP contribution is -2.39. The SMILES string of the molecule is C.CCCCCCCCc1ccc(C2CCC(=O)C2)cc1.CCCCCCCCc1ccc(C2CCC(N)(CC(=O)O)C2)cc1. The van der Waals surface area contributed by atoms with E-state index in [9.17, 15) is 9.59 Å². The van der Waals surface area contributed by atoms with E-state index in [1.165, 1.54) is 106 Å². The molecule has 0 bridgehead atoms. The molecule has 4 nitrogen and oxygen atoms in total. The highest BCUT2D eigenvalue weighted by Crippen LogP contribution is 2.41. The van der Waals surface area contributed by atoms with Crippen LogP contribution in [0, 0.1) is 0 Å². The summed E-state index contributed by atoms with van der Waals surface area (Å²) in [6.07, 6.45) is 23.8. The van der Waals surface area contributed by atoms with Crippen LogP contribution in [-0.4, -0.2) is 22.4 Å². The number of carbonyl (C=O) groups is 2. The summed E-state index contributed by atoms with van der Waals surface area (Å²) in [6, 6.07) is 18.0. The number of unbranched alkanes of at least 4 members (excludes halogenated alkanes) is 10. The van der Waals surface area contributed by atoms with Crippen LogP contribution in [0.2, 0.25) is 0 Å². The Morgan fingerprint density at radius 3 is 1.64 bits per heavy atom. The van der Waals surface area contributed by atoms with Gasteiger partial charge in [-0.15, -0.1) is 0 Å². The standard InChI is InChI=1S/C21H33NO2.C19H28O.CH4/c1-2-3-4-5-6-7-8-17-9-11-18(12-10-17)19-13-14-21(22,15-19)16-20(23)24;1-2-3-4-5-6-7-8-16-9-11-17(12-10-16)18-13-14-19(20)15-18;/h9-12,19H,2-8,13-16,22H2,1H3,(H,23,24);9-12,18H,2-8,13-15H2,1H3;1H4. The van der Waals surface area contributed by atoms with Crippen molar-refractivity contribution in [3.63, 3.8) is 0 Å². The summed E-state index contributed by atoms with van der Waals surface area (Å²) in [7, 11) is 0. The molecule has 2 saturated carbocycles. The zero-order chi connectivity index (χ0) is 31.6. The topological polar surface area (TPSA) is 80.4 Å². The summed E-state index contributed by atoms with van der Waals surface area (Å²) in [5.41, 5.74) is 11.3. The number of ketones is 1. The Balaban J connectivity index is 0.000000311. The van der Waals surface area contributed by atoms with Gasteiger partial charge in [-0.3, -0.25) is 9.59 Å². The maximum atomic E-state index is 11.3. The van der Waals surface area contributed by atoms with E-state index < -0.39 is 11.5 Å². The predicted molar refractivity (Wildman–Crippen MR) is 191 cm³/mol. The smallest absolute Gasteiger partial charge is 0.305 e. The molecule has 0 amide bonds. The van der Waals surface area contributed by atoms with Crippen LogP contribution >= 0.6 is 0 Å². The van der Waals surface area contributed by atoms with E-state index in [-0.39, 0.29) is 13.8 Å². The Bertz CT molecular complexity index is 1090. The van der Waals surface area contributed by atoms with Crippen LogP contribution in [0.4, 0.5) is 0 Å². The number of aliphatic carboxylic acids is 1. The van der Waals surface area contributed by atoms with Crippen molar-refractivity contribution >= 4 is 11.8 Å². The highest BCUT2D eigenvalue weighted by atomic mass is 16.4. The van der Waals surface area contributed by atoms with Gasteiger partial charge in [-0.2, -0.15) is 0 Å². The second-order valence-corrected chi connectivity index (χ2v) is 13.9. The molecule has 0 heterocycles. The lowest BCUT2D eigenvalue weighted by Gasteiger charge is -2.21. The molecule has 2 fully saturated rings. The van der Waals surface area contributed by atoms with Gasteiger partial charge in [-0.05, 0) is 85.5 Å². The molecule has 45 heavy (non-hydrogen) atoms. The van der Waals surface area contributed by atoms with E-state index in [2.05, 4.69) is 62.4 Å². The van der Waals surface area contributed by atoms with Crippen LogP contribution in [0.3, 0.4) is 0 Å². The van der Waals surface area contributed by atoms with Crippen molar-refractivity contribution in [2.24, 2.45) is 5.73 Å². The number of carboxylic acids is 1. The summed E-state index contributed by atoms with van der Waals surface area (Å²) in [5.74, 6) is 0.557. The maximum Gasteiger partial charge on any atom is 0.305 e. The fourth-order valence-electron chi connectivity index (χ4n) is 7.13. The van der Waals surface area contributed by atoms with Crippen molar-refractivity contribution < 1.29 is 14.7 Å². The zero-order valence-corrected chi connectivity index (χ0v) is 28.0. The van der Waals surface area contributed by atoms with Crippen LogP contribution in [0.25, 0.3) is 0 Å². The first-order chi connectivity index (χ1) is 21.3.